The van der Waals surface area contributed by atoms with Crippen LogP contribution in [0.2, 0.25) is 0 Å². The van der Waals surface area contributed by atoms with Gasteiger partial charge < -0.3 is 18.9 Å². The molecule has 0 aliphatic carbocycles. The average Bonchev–Trinajstić information content (AvgIpc) is 3.59. The smallest absolute Gasteiger partial charge is 0.254 e. The van der Waals surface area contributed by atoms with Gasteiger partial charge in [0.15, 0.2) is 0 Å². The Hall–Kier alpha value is -4.73. The van der Waals surface area contributed by atoms with E-state index < -0.39 is 0 Å². The Morgan fingerprint density at radius 3 is 2.62 bits per heavy atom. The molecule has 0 N–H and O–H groups in total. The van der Waals surface area contributed by atoms with Gasteiger partial charge in [-0.25, -0.2) is 4.98 Å². The topological polar surface area (TPSA) is 93.7 Å². The maximum atomic E-state index is 13.2. The van der Waals surface area contributed by atoms with Gasteiger partial charge in [-0.15, -0.1) is 0 Å². The van der Waals surface area contributed by atoms with Crippen molar-refractivity contribution in [3.05, 3.63) is 95.9 Å². The minimum atomic E-state index is -0.0176. The number of anilines is 1. The molecular weight excluding hydrogens is 468 g/mol. The van der Waals surface area contributed by atoms with E-state index in [0.717, 1.165) is 17.0 Å². The van der Waals surface area contributed by atoms with E-state index in [2.05, 4.69) is 25.4 Å². The highest BCUT2D eigenvalue weighted by molar-refractivity contribution is 5.94. The van der Waals surface area contributed by atoms with Crippen molar-refractivity contribution in [1.29, 1.82) is 0 Å². The molecule has 4 heterocycles. The number of aryl methyl sites for hydroxylation is 1. The van der Waals surface area contributed by atoms with E-state index in [1.54, 1.807) is 10.7 Å². The number of carbonyl (C=O) groups is 1. The second kappa shape index (κ2) is 9.73. The summed E-state index contributed by atoms with van der Waals surface area (Å²) in [6.45, 7) is 4.81. The van der Waals surface area contributed by atoms with Crippen LogP contribution < -0.4 is 9.64 Å². The number of piperazine rings is 1. The summed E-state index contributed by atoms with van der Waals surface area (Å²) >= 11 is 0. The zero-order valence-corrected chi connectivity index (χ0v) is 20.4. The number of fused-ring (bicyclic) bond motifs is 1. The number of pyridine rings is 1. The highest BCUT2D eigenvalue weighted by atomic mass is 16.5. The van der Waals surface area contributed by atoms with Crippen LogP contribution in [-0.2, 0) is 6.61 Å². The van der Waals surface area contributed by atoms with E-state index in [4.69, 9.17) is 4.74 Å². The lowest BCUT2D eigenvalue weighted by molar-refractivity contribution is 0.0745. The normalized spacial score (nSPS) is 13.8. The first-order valence-electron chi connectivity index (χ1n) is 12.2. The van der Waals surface area contributed by atoms with Gasteiger partial charge >= 0.3 is 0 Å². The zero-order chi connectivity index (χ0) is 25.2. The molecule has 0 bridgehead atoms. The van der Waals surface area contributed by atoms with E-state index in [1.807, 2.05) is 89.3 Å². The third kappa shape index (κ3) is 4.73. The number of rotatable bonds is 6. The van der Waals surface area contributed by atoms with Gasteiger partial charge in [-0.1, -0.05) is 35.4 Å². The predicted molar refractivity (Wildman–Crippen MR) is 138 cm³/mol. The molecule has 10 heteroatoms. The Morgan fingerprint density at radius 1 is 0.946 bits per heavy atom. The van der Waals surface area contributed by atoms with Crippen molar-refractivity contribution in [2.45, 2.75) is 13.5 Å². The molecule has 0 atom stereocenters. The van der Waals surface area contributed by atoms with Crippen LogP contribution in [0.1, 0.15) is 21.6 Å². The number of tetrazole rings is 1. The Bertz CT molecular complexity index is 1540. The van der Waals surface area contributed by atoms with Crippen molar-refractivity contribution in [2.24, 2.45) is 0 Å². The molecule has 6 rings (SSSR count). The number of aromatic nitrogens is 6. The Kier molecular flexibility index (Phi) is 5.97. The minimum Gasteiger partial charge on any atom is -0.487 e. The van der Waals surface area contributed by atoms with Gasteiger partial charge in [0.2, 0.25) is 5.95 Å². The largest absolute Gasteiger partial charge is 0.487 e. The van der Waals surface area contributed by atoms with E-state index in [9.17, 15) is 4.79 Å². The van der Waals surface area contributed by atoms with Gasteiger partial charge in [-0.2, -0.15) is 4.68 Å². The number of para-hydroxylation sites is 1. The Labute approximate surface area is 213 Å². The van der Waals surface area contributed by atoms with Crippen LogP contribution in [0.15, 0.2) is 79.1 Å². The van der Waals surface area contributed by atoms with Crippen LogP contribution in [0.4, 0.5) is 5.95 Å². The van der Waals surface area contributed by atoms with Gasteiger partial charge in [0, 0.05) is 44.1 Å². The maximum absolute atomic E-state index is 13.2. The number of hydrogen-bond donors (Lipinski definition) is 0. The molecule has 10 nitrogen and oxygen atoms in total. The molecule has 1 fully saturated rings. The molecule has 0 spiro atoms. The van der Waals surface area contributed by atoms with E-state index in [-0.39, 0.29) is 5.91 Å². The second-order valence-corrected chi connectivity index (χ2v) is 9.03. The van der Waals surface area contributed by atoms with Crippen molar-refractivity contribution in [2.75, 3.05) is 31.1 Å². The molecule has 0 unspecified atom stereocenters. The van der Waals surface area contributed by atoms with Crippen LogP contribution in [0.3, 0.4) is 0 Å². The molecule has 37 heavy (non-hydrogen) atoms. The SMILES string of the molecule is Cc1ccc2nc(COc3cccc(C(=O)N4CCN(c5nnnn5-c5ccccc5)CC4)c3)cn2c1. The molecule has 186 valence electrons. The average molecular weight is 495 g/mol. The van der Waals surface area contributed by atoms with Crippen molar-refractivity contribution in [1.82, 2.24) is 34.5 Å². The summed E-state index contributed by atoms with van der Waals surface area (Å²) in [7, 11) is 0. The van der Waals surface area contributed by atoms with Crippen molar-refractivity contribution < 1.29 is 9.53 Å². The minimum absolute atomic E-state index is 0.0176. The third-order valence-electron chi connectivity index (χ3n) is 6.42. The van der Waals surface area contributed by atoms with Crippen molar-refractivity contribution >= 4 is 17.5 Å². The van der Waals surface area contributed by atoms with Crippen LogP contribution in [0.5, 0.6) is 5.75 Å². The number of imidazole rings is 1. The summed E-state index contributed by atoms with van der Waals surface area (Å²) in [6.07, 6.45) is 4.00. The standard InChI is InChI=1S/C27H26N8O2/c1-20-10-11-25-28-22(18-34(25)17-20)19-37-24-9-5-6-21(16-24)26(36)32-12-14-33(15-13-32)27-29-30-31-35(27)23-7-3-2-4-8-23/h2-11,16-18H,12-15,19H2,1H3. The Morgan fingerprint density at radius 2 is 1.78 bits per heavy atom. The number of amides is 1. The molecular formula is C27H26N8O2. The first-order chi connectivity index (χ1) is 18.1. The molecule has 1 aliphatic heterocycles. The fourth-order valence-corrected chi connectivity index (χ4v) is 4.51. The number of hydrogen-bond acceptors (Lipinski definition) is 7. The summed E-state index contributed by atoms with van der Waals surface area (Å²) in [5, 5.41) is 12.2. The van der Waals surface area contributed by atoms with Gasteiger partial charge in [-0.3, -0.25) is 4.79 Å². The maximum Gasteiger partial charge on any atom is 0.254 e. The van der Waals surface area contributed by atoms with Crippen molar-refractivity contribution in [3.8, 4) is 11.4 Å². The lowest BCUT2D eigenvalue weighted by Gasteiger charge is -2.34. The number of carbonyl (C=O) groups excluding carboxylic acids is 1. The lowest BCUT2D eigenvalue weighted by Crippen LogP contribution is -2.49. The lowest BCUT2D eigenvalue weighted by atomic mass is 10.1. The Balaban J connectivity index is 1.09. The molecule has 3 aromatic heterocycles. The molecule has 0 radical (unpaired) electrons. The summed E-state index contributed by atoms with van der Waals surface area (Å²) in [6, 6.07) is 21.1. The zero-order valence-electron chi connectivity index (χ0n) is 20.4. The van der Waals surface area contributed by atoms with Crippen molar-refractivity contribution in [3.63, 3.8) is 0 Å². The highest BCUT2D eigenvalue weighted by Gasteiger charge is 2.25. The fourth-order valence-electron chi connectivity index (χ4n) is 4.51. The van der Waals surface area contributed by atoms with Crippen LogP contribution in [0, 0.1) is 6.92 Å². The summed E-state index contributed by atoms with van der Waals surface area (Å²) in [5.74, 6) is 1.30. The highest BCUT2D eigenvalue weighted by Crippen LogP contribution is 2.20. The summed E-state index contributed by atoms with van der Waals surface area (Å²) in [4.78, 5) is 21.8. The number of benzene rings is 2. The third-order valence-corrected chi connectivity index (χ3v) is 6.42. The summed E-state index contributed by atoms with van der Waals surface area (Å²) in [5.41, 5.74) is 4.38. The van der Waals surface area contributed by atoms with E-state index in [1.165, 1.54) is 5.56 Å². The van der Waals surface area contributed by atoms with Crippen LogP contribution >= 0.6 is 0 Å². The van der Waals surface area contributed by atoms with Gasteiger partial charge in [-0.05, 0) is 59.3 Å². The number of ether oxygens (including phenoxy) is 1. The van der Waals surface area contributed by atoms with E-state index in [0.29, 0.717) is 50.0 Å². The molecule has 2 aromatic carbocycles. The quantitative estimate of drug-likeness (QED) is 0.358. The first kappa shape index (κ1) is 22.7. The molecule has 1 amide bonds. The number of nitrogens with zero attached hydrogens (tertiary/aromatic N) is 8. The molecule has 1 aliphatic rings. The monoisotopic (exact) mass is 494 g/mol. The molecule has 5 aromatic rings. The van der Waals surface area contributed by atoms with Gasteiger partial charge in [0.1, 0.15) is 18.0 Å². The van der Waals surface area contributed by atoms with Crippen LogP contribution in [-0.4, -0.2) is 66.6 Å². The van der Waals surface area contributed by atoms with Crippen LogP contribution in [0.25, 0.3) is 11.3 Å². The second-order valence-electron chi connectivity index (χ2n) is 9.03. The molecule has 0 saturated carbocycles. The summed E-state index contributed by atoms with van der Waals surface area (Å²) < 4.78 is 9.69. The van der Waals surface area contributed by atoms with Gasteiger partial charge in [0.25, 0.3) is 5.91 Å². The first-order valence-corrected chi connectivity index (χ1v) is 12.2. The predicted octanol–water partition coefficient (Wildman–Crippen LogP) is 3.16. The van der Waals surface area contributed by atoms with Gasteiger partial charge in [0.05, 0.1) is 11.4 Å². The molecule has 1 saturated heterocycles. The van der Waals surface area contributed by atoms with E-state index >= 15 is 0 Å². The fraction of sp³-hybridized carbons (Fsp3) is 0.222.